The van der Waals surface area contributed by atoms with Crippen LogP contribution in [0.2, 0.25) is 6.82 Å². The highest BCUT2D eigenvalue weighted by atomic mass is 16.5. The topological polar surface area (TPSA) is 33.0 Å². The molecule has 0 heterocycles. The predicted molar refractivity (Wildman–Crippen MR) is 64.1 cm³/mol. The molecule has 2 nitrogen and oxygen atoms in total. The maximum atomic E-state index is 8.97. The lowest BCUT2D eigenvalue weighted by Crippen LogP contribution is -2.12. The summed E-state index contributed by atoms with van der Waals surface area (Å²) in [5.74, 6) is 1.17. The van der Waals surface area contributed by atoms with E-state index in [9.17, 15) is 0 Å². The van der Waals surface area contributed by atoms with E-state index >= 15 is 0 Å². The Morgan fingerprint density at radius 2 is 2.20 bits per heavy atom. The van der Waals surface area contributed by atoms with Crippen LogP contribution in [0.3, 0.4) is 0 Å². The number of hydrogen-bond acceptors (Lipinski definition) is 2. The van der Waals surface area contributed by atoms with E-state index in [1.54, 1.807) is 0 Å². The van der Waals surface area contributed by atoms with Crippen molar-refractivity contribution in [1.82, 2.24) is 0 Å². The highest BCUT2D eigenvalue weighted by Crippen LogP contribution is 2.16. The Labute approximate surface area is 92.1 Å². The molecule has 0 fully saturated rings. The summed E-state index contributed by atoms with van der Waals surface area (Å²) in [7, 11) is 0.944. The second-order valence-electron chi connectivity index (χ2n) is 4.00. The quantitative estimate of drug-likeness (QED) is 0.694. The summed E-state index contributed by atoms with van der Waals surface area (Å²) in [6.07, 6.45) is 0. The van der Waals surface area contributed by atoms with Crippen molar-refractivity contribution in [2.75, 3.05) is 6.61 Å². The molecule has 1 aromatic rings. The van der Waals surface area contributed by atoms with Gasteiger partial charge in [0.05, 0.1) is 12.2 Å². The van der Waals surface area contributed by atoms with E-state index in [2.05, 4.69) is 26.7 Å². The van der Waals surface area contributed by atoms with Gasteiger partial charge in [-0.1, -0.05) is 32.2 Å². The van der Waals surface area contributed by atoms with E-state index in [-0.39, 0.29) is 0 Å². The molecule has 0 radical (unpaired) electrons. The Balaban J connectivity index is 2.84. The monoisotopic (exact) mass is 201 g/mol. The van der Waals surface area contributed by atoms with Crippen LogP contribution in [0.25, 0.3) is 0 Å². The third-order valence-electron chi connectivity index (χ3n) is 2.14. The van der Waals surface area contributed by atoms with Crippen LogP contribution in [-0.2, 0) is 0 Å². The van der Waals surface area contributed by atoms with Gasteiger partial charge in [0, 0.05) is 0 Å². The number of rotatable bonds is 4. The molecular formula is C12H16BNO. The first kappa shape index (κ1) is 11.6. The van der Waals surface area contributed by atoms with Crippen molar-refractivity contribution < 1.29 is 4.74 Å². The molecule has 3 heteroatoms. The Hall–Kier alpha value is -1.43. The first-order valence-electron chi connectivity index (χ1n) is 5.33. The van der Waals surface area contributed by atoms with Crippen molar-refractivity contribution in [3.63, 3.8) is 0 Å². The molecule has 0 spiro atoms. The van der Waals surface area contributed by atoms with E-state index in [0.29, 0.717) is 23.8 Å². The molecule has 0 atom stereocenters. The third-order valence-corrected chi connectivity index (χ3v) is 2.14. The zero-order valence-electron chi connectivity index (χ0n) is 9.58. The van der Waals surface area contributed by atoms with Gasteiger partial charge in [0.1, 0.15) is 11.8 Å². The minimum absolute atomic E-state index is 0.474. The molecule has 0 aliphatic rings. The van der Waals surface area contributed by atoms with Gasteiger partial charge in [-0.25, -0.2) is 0 Å². The standard InChI is InChI=1S/C12H16BNO/c1-9(2)8-15-12-5-4-11(13-3)6-10(12)7-14/h4-6,9,13H,8H2,1-3H3. The molecule has 0 unspecified atom stereocenters. The molecule has 0 N–H and O–H groups in total. The van der Waals surface area contributed by atoms with Crippen LogP contribution in [0.15, 0.2) is 18.2 Å². The second-order valence-corrected chi connectivity index (χ2v) is 4.00. The fourth-order valence-corrected chi connectivity index (χ4v) is 1.27. The van der Waals surface area contributed by atoms with Crippen molar-refractivity contribution in [3.05, 3.63) is 23.8 Å². The van der Waals surface area contributed by atoms with Crippen LogP contribution < -0.4 is 10.2 Å². The van der Waals surface area contributed by atoms with Gasteiger partial charge in [-0.3, -0.25) is 0 Å². The van der Waals surface area contributed by atoms with Crippen LogP contribution in [0.5, 0.6) is 5.75 Å². The SMILES string of the molecule is CBc1ccc(OCC(C)C)c(C#N)c1. The number of nitrogens with zero attached hydrogens (tertiary/aromatic N) is 1. The average Bonchev–Trinajstić information content (AvgIpc) is 2.25. The Morgan fingerprint density at radius 3 is 2.73 bits per heavy atom. The fraction of sp³-hybridized carbons (Fsp3) is 0.417. The largest absolute Gasteiger partial charge is 0.492 e. The molecule has 0 saturated heterocycles. The van der Waals surface area contributed by atoms with Gasteiger partial charge < -0.3 is 4.74 Å². The molecule has 0 aliphatic heterocycles. The number of ether oxygens (including phenoxy) is 1. The zero-order chi connectivity index (χ0) is 11.3. The van der Waals surface area contributed by atoms with Crippen LogP contribution in [-0.4, -0.2) is 13.9 Å². The molecule has 0 amide bonds. The van der Waals surface area contributed by atoms with Gasteiger partial charge in [0.15, 0.2) is 7.28 Å². The molecule has 15 heavy (non-hydrogen) atoms. The minimum atomic E-state index is 0.474. The Kier molecular flexibility index (Phi) is 4.24. The molecule has 78 valence electrons. The normalized spacial score (nSPS) is 9.80. The predicted octanol–water partition coefficient (Wildman–Crippen LogP) is 1.70. The number of hydrogen-bond donors (Lipinski definition) is 0. The summed E-state index contributed by atoms with van der Waals surface area (Å²) >= 11 is 0. The first-order chi connectivity index (χ1) is 7.17. The van der Waals surface area contributed by atoms with Crippen molar-refractivity contribution in [1.29, 1.82) is 5.26 Å². The van der Waals surface area contributed by atoms with E-state index in [4.69, 9.17) is 10.00 Å². The zero-order valence-corrected chi connectivity index (χ0v) is 9.58. The third kappa shape index (κ3) is 3.32. The maximum absolute atomic E-state index is 8.97. The van der Waals surface area contributed by atoms with Gasteiger partial charge in [-0.05, 0) is 18.1 Å². The smallest absolute Gasteiger partial charge is 0.154 e. The summed E-state index contributed by atoms with van der Waals surface area (Å²) in [4.78, 5) is 0. The van der Waals surface area contributed by atoms with Crippen LogP contribution in [0.1, 0.15) is 19.4 Å². The molecule has 0 bridgehead atoms. The van der Waals surface area contributed by atoms with Crippen molar-refractivity contribution in [2.24, 2.45) is 5.92 Å². The van der Waals surface area contributed by atoms with Gasteiger partial charge in [-0.15, -0.1) is 0 Å². The van der Waals surface area contributed by atoms with E-state index < -0.39 is 0 Å². The summed E-state index contributed by atoms with van der Waals surface area (Å²) in [5, 5.41) is 8.97. The van der Waals surface area contributed by atoms with Gasteiger partial charge in [0.25, 0.3) is 0 Å². The van der Waals surface area contributed by atoms with Crippen molar-refractivity contribution >= 4 is 12.7 Å². The van der Waals surface area contributed by atoms with Gasteiger partial charge in [-0.2, -0.15) is 5.26 Å². The molecule has 0 aliphatic carbocycles. The molecule has 1 rings (SSSR count). The van der Waals surface area contributed by atoms with E-state index in [1.165, 1.54) is 5.46 Å². The Bertz CT molecular complexity index is 368. The maximum Gasteiger partial charge on any atom is 0.154 e. The van der Waals surface area contributed by atoms with Crippen LogP contribution >= 0.6 is 0 Å². The lowest BCUT2D eigenvalue weighted by molar-refractivity contribution is 0.270. The fourth-order valence-electron chi connectivity index (χ4n) is 1.27. The van der Waals surface area contributed by atoms with Crippen molar-refractivity contribution in [2.45, 2.75) is 20.7 Å². The molecule has 0 saturated carbocycles. The minimum Gasteiger partial charge on any atom is -0.492 e. The number of benzene rings is 1. The highest BCUT2D eigenvalue weighted by molar-refractivity contribution is 6.51. The van der Waals surface area contributed by atoms with Crippen LogP contribution in [0.4, 0.5) is 0 Å². The van der Waals surface area contributed by atoms with Crippen molar-refractivity contribution in [3.8, 4) is 11.8 Å². The van der Waals surface area contributed by atoms with E-state index in [1.807, 2.05) is 18.2 Å². The molecular weight excluding hydrogens is 185 g/mol. The van der Waals surface area contributed by atoms with Crippen LogP contribution in [0, 0.1) is 17.2 Å². The summed E-state index contributed by atoms with van der Waals surface area (Å²) < 4.78 is 5.57. The van der Waals surface area contributed by atoms with Gasteiger partial charge >= 0.3 is 0 Å². The average molecular weight is 201 g/mol. The summed E-state index contributed by atoms with van der Waals surface area (Å²) in [6.45, 7) is 6.91. The van der Waals surface area contributed by atoms with E-state index in [0.717, 1.165) is 7.28 Å². The lowest BCUT2D eigenvalue weighted by atomic mass is 9.73. The second kappa shape index (κ2) is 5.45. The first-order valence-corrected chi connectivity index (χ1v) is 5.33. The summed E-state index contributed by atoms with van der Waals surface area (Å²) in [6, 6.07) is 7.97. The molecule has 1 aromatic carbocycles. The van der Waals surface area contributed by atoms with Gasteiger partial charge in [0.2, 0.25) is 0 Å². The highest BCUT2D eigenvalue weighted by Gasteiger charge is 2.05. The lowest BCUT2D eigenvalue weighted by Gasteiger charge is -2.10. The number of nitriles is 1. The Morgan fingerprint density at radius 1 is 1.47 bits per heavy atom. The summed E-state index contributed by atoms with van der Waals surface area (Å²) in [5.41, 5.74) is 1.80. The molecule has 0 aromatic heterocycles.